The Balaban J connectivity index is 2.43. The minimum atomic E-state index is 1.17. The van der Waals surface area contributed by atoms with Crippen molar-refractivity contribution < 1.29 is 0 Å². The molecule has 0 unspecified atom stereocenters. The van der Waals surface area contributed by atoms with E-state index in [0.29, 0.717) is 0 Å². The Morgan fingerprint density at radius 2 is 2.00 bits per heavy atom. The van der Waals surface area contributed by atoms with E-state index in [-0.39, 0.29) is 0 Å². The van der Waals surface area contributed by atoms with Crippen LogP contribution in [0.3, 0.4) is 0 Å². The molecule has 0 aromatic heterocycles. The molecule has 0 bridgehead atoms. The third-order valence-electron chi connectivity index (χ3n) is 2.43. The zero-order valence-electron chi connectivity index (χ0n) is 8.68. The van der Waals surface area contributed by atoms with Crippen LogP contribution >= 0.6 is 0 Å². The van der Waals surface area contributed by atoms with Crippen LogP contribution in [0.5, 0.6) is 0 Å². The lowest BCUT2D eigenvalue weighted by Crippen LogP contribution is -2.16. The van der Waals surface area contributed by atoms with Crippen molar-refractivity contribution in [3.05, 3.63) is 23.8 Å². The van der Waals surface area contributed by atoms with E-state index < -0.39 is 0 Å². The molecule has 0 saturated heterocycles. The van der Waals surface area contributed by atoms with Crippen LogP contribution in [0.25, 0.3) is 0 Å². The largest absolute Gasteiger partial charge is 0.317 e. The number of hydrogen-bond donors (Lipinski definition) is 1. The summed E-state index contributed by atoms with van der Waals surface area (Å²) in [5, 5.41) is 3.45. The van der Waals surface area contributed by atoms with Gasteiger partial charge in [0.15, 0.2) is 0 Å². The van der Waals surface area contributed by atoms with Crippen molar-refractivity contribution in [1.82, 2.24) is 5.32 Å². The van der Waals surface area contributed by atoms with Crippen LogP contribution in [0, 0.1) is 0 Å². The van der Waals surface area contributed by atoms with Crippen LogP contribution < -0.4 is 5.32 Å². The zero-order valence-corrected chi connectivity index (χ0v) is 8.68. The van der Waals surface area contributed by atoms with Crippen LogP contribution in [0.1, 0.15) is 39.0 Å². The highest BCUT2D eigenvalue weighted by molar-refractivity contribution is 5.18. The van der Waals surface area contributed by atoms with Gasteiger partial charge >= 0.3 is 0 Å². The van der Waals surface area contributed by atoms with E-state index in [1.165, 1.54) is 50.8 Å². The van der Waals surface area contributed by atoms with Crippen molar-refractivity contribution in [3.8, 4) is 0 Å². The van der Waals surface area contributed by atoms with Gasteiger partial charge in [-0.2, -0.15) is 0 Å². The van der Waals surface area contributed by atoms with E-state index in [1.54, 1.807) is 0 Å². The fraction of sp³-hybridized carbons (Fsp3) is 0.667. The summed E-state index contributed by atoms with van der Waals surface area (Å²) in [4.78, 5) is 0. The van der Waals surface area contributed by atoms with Crippen molar-refractivity contribution in [1.29, 1.82) is 0 Å². The summed E-state index contributed by atoms with van der Waals surface area (Å²) in [7, 11) is 0. The third kappa shape index (κ3) is 4.89. The van der Waals surface area contributed by atoms with Crippen molar-refractivity contribution in [2.75, 3.05) is 13.1 Å². The van der Waals surface area contributed by atoms with Gasteiger partial charge in [0, 0.05) is 0 Å². The molecule has 0 spiro atoms. The first-order valence-corrected chi connectivity index (χ1v) is 5.49. The van der Waals surface area contributed by atoms with Crippen LogP contribution in [-0.4, -0.2) is 13.1 Å². The molecule has 1 rings (SSSR count). The fourth-order valence-electron chi connectivity index (χ4n) is 1.55. The molecule has 0 aromatic rings. The van der Waals surface area contributed by atoms with Gasteiger partial charge in [-0.3, -0.25) is 0 Å². The molecule has 13 heavy (non-hydrogen) atoms. The predicted octanol–water partition coefficient (Wildman–Crippen LogP) is 3.04. The molecule has 1 nitrogen and oxygen atoms in total. The Kier molecular flexibility index (Phi) is 5.59. The van der Waals surface area contributed by atoms with Gasteiger partial charge in [-0.1, -0.05) is 30.7 Å². The molecule has 1 heteroatoms. The summed E-state index contributed by atoms with van der Waals surface area (Å²) in [6, 6.07) is 0. The van der Waals surface area contributed by atoms with E-state index in [9.17, 15) is 0 Å². The smallest absolute Gasteiger partial charge is 0.00460 e. The van der Waals surface area contributed by atoms with Gasteiger partial charge in [0.25, 0.3) is 0 Å². The highest BCUT2D eigenvalue weighted by atomic mass is 14.8. The average molecular weight is 179 g/mol. The molecular weight excluding hydrogens is 158 g/mol. The second-order valence-electron chi connectivity index (χ2n) is 3.57. The maximum Gasteiger partial charge on any atom is -0.00460 e. The predicted molar refractivity (Wildman–Crippen MR) is 58.9 cm³/mol. The molecule has 0 atom stereocenters. The molecule has 1 aliphatic heterocycles. The maximum absolute atomic E-state index is 3.45. The molecule has 0 aromatic carbocycles. The zero-order chi connectivity index (χ0) is 9.36. The first kappa shape index (κ1) is 10.5. The van der Waals surface area contributed by atoms with Gasteiger partial charge < -0.3 is 5.32 Å². The van der Waals surface area contributed by atoms with E-state index >= 15 is 0 Å². The molecule has 1 heterocycles. The van der Waals surface area contributed by atoms with Gasteiger partial charge in [0.2, 0.25) is 0 Å². The second-order valence-corrected chi connectivity index (χ2v) is 3.57. The molecule has 1 N–H and O–H groups in total. The Hall–Kier alpha value is -0.560. The minimum Gasteiger partial charge on any atom is -0.317 e. The Bertz CT molecular complexity index is 180. The summed E-state index contributed by atoms with van der Waals surface area (Å²) in [5.41, 5.74) is 1.50. The molecule has 74 valence electrons. The minimum absolute atomic E-state index is 1.17. The third-order valence-corrected chi connectivity index (χ3v) is 2.43. The summed E-state index contributed by atoms with van der Waals surface area (Å²) in [6.07, 6.45) is 13.1. The lowest BCUT2D eigenvalue weighted by Gasteiger charge is -2.00. The van der Waals surface area contributed by atoms with E-state index in [2.05, 4.69) is 30.5 Å². The number of nitrogens with one attached hydrogen (secondary N) is 1. The fourth-order valence-corrected chi connectivity index (χ4v) is 1.55. The SMILES string of the molecule is CCC1=CCCCNCCCC=C1. The Morgan fingerprint density at radius 1 is 1.23 bits per heavy atom. The first-order valence-electron chi connectivity index (χ1n) is 5.49. The monoisotopic (exact) mass is 179 g/mol. The summed E-state index contributed by atoms with van der Waals surface area (Å²) in [6.45, 7) is 4.58. The Labute approximate surface area is 81.9 Å². The van der Waals surface area contributed by atoms with Crippen molar-refractivity contribution in [2.45, 2.75) is 39.0 Å². The highest BCUT2D eigenvalue weighted by Crippen LogP contribution is 2.07. The van der Waals surface area contributed by atoms with Crippen LogP contribution in [0.15, 0.2) is 23.8 Å². The summed E-state index contributed by atoms with van der Waals surface area (Å²) >= 11 is 0. The maximum atomic E-state index is 3.45. The van der Waals surface area contributed by atoms with Gasteiger partial charge in [0.1, 0.15) is 0 Å². The summed E-state index contributed by atoms with van der Waals surface area (Å²) < 4.78 is 0. The number of hydrogen-bond acceptors (Lipinski definition) is 1. The lowest BCUT2D eigenvalue weighted by molar-refractivity contribution is 0.631. The first-order chi connectivity index (χ1) is 6.43. The van der Waals surface area contributed by atoms with Crippen molar-refractivity contribution in [2.24, 2.45) is 0 Å². The van der Waals surface area contributed by atoms with E-state index in [0.717, 1.165) is 0 Å². The number of allylic oxidation sites excluding steroid dienone is 4. The molecule has 0 radical (unpaired) electrons. The Morgan fingerprint density at radius 3 is 2.77 bits per heavy atom. The quantitative estimate of drug-likeness (QED) is 0.652. The van der Waals surface area contributed by atoms with Crippen molar-refractivity contribution in [3.63, 3.8) is 0 Å². The van der Waals surface area contributed by atoms with Gasteiger partial charge in [-0.05, 0) is 45.2 Å². The standard InChI is InChI=1S/C12H21N/c1-2-12-8-4-3-6-10-13-11-7-5-9-12/h4,8-9,13H,2-3,5-7,10-11H2,1H3. The average Bonchev–Trinajstić information content (AvgIpc) is 2.22. The van der Waals surface area contributed by atoms with Gasteiger partial charge in [-0.15, -0.1) is 0 Å². The number of rotatable bonds is 1. The van der Waals surface area contributed by atoms with Crippen LogP contribution in [-0.2, 0) is 0 Å². The van der Waals surface area contributed by atoms with Gasteiger partial charge in [0.05, 0.1) is 0 Å². The summed E-state index contributed by atoms with van der Waals surface area (Å²) in [5.74, 6) is 0. The lowest BCUT2D eigenvalue weighted by atomic mass is 10.1. The highest BCUT2D eigenvalue weighted by Gasteiger charge is 1.92. The van der Waals surface area contributed by atoms with E-state index in [4.69, 9.17) is 0 Å². The normalized spacial score (nSPS) is 20.5. The topological polar surface area (TPSA) is 12.0 Å². The van der Waals surface area contributed by atoms with Crippen LogP contribution in [0.4, 0.5) is 0 Å². The molecule has 0 fully saturated rings. The van der Waals surface area contributed by atoms with Gasteiger partial charge in [-0.25, -0.2) is 0 Å². The van der Waals surface area contributed by atoms with Crippen molar-refractivity contribution >= 4 is 0 Å². The molecule has 0 saturated carbocycles. The molecular formula is C12H21N. The second kappa shape index (κ2) is 6.90. The molecule has 0 aliphatic carbocycles. The molecule has 1 aliphatic rings. The molecule has 0 amide bonds. The van der Waals surface area contributed by atoms with Crippen LogP contribution in [0.2, 0.25) is 0 Å². The van der Waals surface area contributed by atoms with E-state index in [1.807, 2.05) is 0 Å².